The van der Waals surface area contributed by atoms with Crippen LogP contribution in [0.4, 0.5) is 0 Å². The number of rotatable bonds is 7. The van der Waals surface area contributed by atoms with Gasteiger partial charge in [-0.2, -0.15) is 4.31 Å². The Bertz CT molecular complexity index is 553. The fourth-order valence-corrected chi connectivity index (χ4v) is 4.07. The lowest BCUT2D eigenvalue weighted by atomic mass is 10.1. The van der Waals surface area contributed by atoms with E-state index in [0.717, 1.165) is 19.3 Å². The summed E-state index contributed by atoms with van der Waals surface area (Å²) in [6.07, 6.45) is 4.36. The van der Waals surface area contributed by atoms with Gasteiger partial charge in [0.15, 0.2) is 0 Å². The van der Waals surface area contributed by atoms with Crippen molar-refractivity contribution in [3.63, 3.8) is 0 Å². The van der Waals surface area contributed by atoms with Crippen molar-refractivity contribution in [2.75, 3.05) is 6.54 Å². The third kappa shape index (κ3) is 3.37. The maximum absolute atomic E-state index is 12.8. The third-order valence-corrected chi connectivity index (χ3v) is 5.54. The molecule has 0 saturated heterocycles. The zero-order valence-corrected chi connectivity index (χ0v) is 12.9. The normalized spacial score (nSPS) is 16.1. The van der Waals surface area contributed by atoms with Crippen molar-refractivity contribution in [1.29, 1.82) is 0 Å². The number of hydrogen-bond acceptors (Lipinski definition) is 4. The fraction of sp³-hybridized carbons (Fsp3) is 0.643. The molecule has 0 aliphatic heterocycles. The number of nitrogens with zero attached hydrogens (tertiary/aromatic N) is 2. The predicted octanol–water partition coefficient (Wildman–Crippen LogP) is 1.74. The lowest BCUT2D eigenvalue weighted by Crippen LogP contribution is -2.35. The van der Waals surface area contributed by atoms with Gasteiger partial charge >= 0.3 is 0 Å². The number of pyridine rings is 1. The first-order chi connectivity index (χ1) is 9.46. The van der Waals surface area contributed by atoms with Crippen molar-refractivity contribution in [3.05, 3.63) is 24.0 Å². The molecule has 1 aromatic rings. The smallest absolute Gasteiger partial charge is 0.245 e. The topological polar surface area (TPSA) is 76.3 Å². The largest absolute Gasteiger partial charge is 0.325 e. The lowest BCUT2D eigenvalue weighted by Gasteiger charge is -2.23. The minimum Gasteiger partial charge on any atom is -0.325 e. The zero-order chi connectivity index (χ0) is 14.8. The second-order valence-corrected chi connectivity index (χ2v) is 7.54. The van der Waals surface area contributed by atoms with Crippen LogP contribution in [0.3, 0.4) is 0 Å². The highest BCUT2D eigenvalue weighted by Crippen LogP contribution is 2.33. The number of aromatic nitrogens is 1. The molecule has 1 aliphatic rings. The van der Waals surface area contributed by atoms with Crippen LogP contribution < -0.4 is 5.73 Å². The molecule has 1 aliphatic carbocycles. The molecule has 1 aromatic heterocycles. The van der Waals surface area contributed by atoms with E-state index in [1.165, 1.54) is 0 Å². The first-order valence-electron chi connectivity index (χ1n) is 7.12. The maximum atomic E-state index is 12.8. The summed E-state index contributed by atoms with van der Waals surface area (Å²) >= 11 is 0. The quantitative estimate of drug-likeness (QED) is 0.831. The van der Waals surface area contributed by atoms with Gasteiger partial charge in [0.2, 0.25) is 10.0 Å². The molecule has 1 heterocycles. The van der Waals surface area contributed by atoms with Crippen LogP contribution in [0.1, 0.15) is 38.8 Å². The Morgan fingerprint density at radius 3 is 2.70 bits per heavy atom. The van der Waals surface area contributed by atoms with Gasteiger partial charge in [-0.1, -0.05) is 13.8 Å². The molecule has 0 atom stereocenters. The summed E-state index contributed by atoms with van der Waals surface area (Å²) in [7, 11) is -3.49. The SMILES string of the molecule is CC(C)CCN(C1CC1)S(=O)(=O)c1cccnc1CN. The molecular weight excluding hydrogens is 274 g/mol. The van der Waals surface area contributed by atoms with Gasteiger partial charge in [-0.15, -0.1) is 0 Å². The average Bonchev–Trinajstić information content (AvgIpc) is 3.23. The molecule has 2 N–H and O–H groups in total. The number of nitrogens with two attached hydrogens (primary N) is 1. The highest BCUT2D eigenvalue weighted by molar-refractivity contribution is 7.89. The van der Waals surface area contributed by atoms with Gasteiger partial charge in [-0.05, 0) is 37.3 Å². The van der Waals surface area contributed by atoms with E-state index in [4.69, 9.17) is 5.73 Å². The maximum Gasteiger partial charge on any atom is 0.245 e. The standard InChI is InChI=1S/C14H23N3O2S/c1-11(2)7-9-17(12-5-6-12)20(18,19)14-4-3-8-16-13(14)10-15/h3-4,8,11-12H,5-7,9-10,15H2,1-2H3. The van der Waals surface area contributed by atoms with Gasteiger partial charge < -0.3 is 5.73 Å². The molecule has 0 bridgehead atoms. The van der Waals surface area contributed by atoms with E-state index in [2.05, 4.69) is 18.8 Å². The molecule has 0 spiro atoms. The molecule has 112 valence electrons. The minimum absolute atomic E-state index is 0.137. The van der Waals surface area contributed by atoms with Gasteiger partial charge in [0.1, 0.15) is 4.90 Å². The van der Waals surface area contributed by atoms with Crippen molar-refractivity contribution in [2.45, 2.75) is 50.6 Å². The first-order valence-corrected chi connectivity index (χ1v) is 8.56. The Morgan fingerprint density at radius 1 is 1.45 bits per heavy atom. The highest BCUT2D eigenvalue weighted by Gasteiger charge is 2.38. The van der Waals surface area contributed by atoms with Crippen LogP contribution in [0.25, 0.3) is 0 Å². The van der Waals surface area contributed by atoms with Crippen molar-refractivity contribution in [1.82, 2.24) is 9.29 Å². The number of hydrogen-bond donors (Lipinski definition) is 1. The Morgan fingerprint density at radius 2 is 2.15 bits per heavy atom. The van der Waals surface area contributed by atoms with Gasteiger partial charge in [0.05, 0.1) is 5.69 Å². The molecule has 2 rings (SSSR count). The molecule has 0 radical (unpaired) electrons. The van der Waals surface area contributed by atoms with E-state index in [1.54, 1.807) is 22.6 Å². The summed E-state index contributed by atoms with van der Waals surface area (Å²) in [6, 6.07) is 3.42. The molecule has 20 heavy (non-hydrogen) atoms. The van der Waals surface area contributed by atoms with Crippen LogP contribution in [-0.4, -0.2) is 30.3 Å². The second kappa shape index (κ2) is 6.20. The summed E-state index contributed by atoms with van der Waals surface area (Å²) in [5.74, 6) is 0.481. The summed E-state index contributed by atoms with van der Waals surface area (Å²) in [5.41, 5.74) is 6.06. The van der Waals surface area contributed by atoms with Crippen LogP contribution in [0.5, 0.6) is 0 Å². The highest BCUT2D eigenvalue weighted by atomic mass is 32.2. The lowest BCUT2D eigenvalue weighted by molar-refractivity contribution is 0.373. The first kappa shape index (κ1) is 15.4. The molecule has 0 aromatic carbocycles. The molecule has 5 nitrogen and oxygen atoms in total. The van der Waals surface area contributed by atoms with Gasteiger partial charge in [-0.25, -0.2) is 8.42 Å². The van der Waals surface area contributed by atoms with Crippen molar-refractivity contribution >= 4 is 10.0 Å². The van der Waals surface area contributed by atoms with E-state index < -0.39 is 10.0 Å². The molecule has 0 unspecified atom stereocenters. The summed E-state index contributed by atoms with van der Waals surface area (Å²) in [6.45, 7) is 4.92. The van der Waals surface area contributed by atoms with E-state index in [-0.39, 0.29) is 17.5 Å². The number of sulfonamides is 1. The van der Waals surface area contributed by atoms with E-state index in [9.17, 15) is 8.42 Å². The Kier molecular flexibility index (Phi) is 4.78. The summed E-state index contributed by atoms with van der Waals surface area (Å²) in [5, 5.41) is 0. The summed E-state index contributed by atoms with van der Waals surface area (Å²) < 4.78 is 27.3. The van der Waals surface area contributed by atoms with Crippen LogP contribution in [0.2, 0.25) is 0 Å². The van der Waals surface area contributed by atoms with Crippen LogP contribution in [0.15, 0.2) is 23.2 Å². The van der Waals surface area contributed by atoms with E-state index >= 15 is 0 Å². The Labute approximate surface area is 121 Å². The monoisotopic (exact) mass is 297 g/mol. The molecule has 6 heteroatoms. The Hall–Kier alpha value is -0.980. The van der Waals surface area contributed by atoms with E-state index in [1.807, 2.05) is 0 Å². The minimum atomic E-state index is -3.49. The second-order valence-electron chi connectivity index (χ2n) is 5.68. The molecule has 1 saturated carbocycles. The third-order valence-electron chi connectivity index (χ3n) is 3.51. The van der Waals surface area contributed by atoms with Crippen molar-refractivity contribution in [3.8, 4) is 0 Å². The van der Waals surface area contributed by atoms with Crippen molar-refractivity contribution < 1.29 is 8.42 Å². The van der Waals surface area contributed by atoms with Crippen molar-refractivity contribution in [2.24, 2.45) is 11.7 Å². The van der Waals surface area contributed by atoms with Crippen LogP contribution >= 0.6 is 0 Å². The van der Waals surface area contributed by atoms with Crippen LogP contribution in [0, 0.1) is 5.92 Å². The molecule has 0 amide bonds. The predicted molar refractivity (Wildman–Crippen MR) is 78.5 cm³/mol. The van der Waals surface area contributed by atoms with E-state index in [0.29, 0.717) is 18.2 Å². The zero-order valence-electron chi connectivity index (χ0n) is 12.1. The molecule has 1 fully saturated rings. The fourth-order valence-electron chi connectivity index (χ4n) is 2.18. The summed E-state index contributed by atoms with van der Waals surface area (Å²) in [4.78, 5) is 4.35. The van der Waals surface area contributed by atoms with Gasteiger partial charge in [-0.3, -0.25) is 4.98 Å². The van der Waals surface area contributed by atoms with Gasteiger partial charge in [0, 0.05) is 25.3 Å². The average molecular weight is 297 g/mol. The van der Waals surface area contributed by atoms with Gasteiger partial charge in [0.25, 0.3) is 0 Å². The van der Waals surface area contributed by atoms with Crippen LogP contribution in [-0.2, 0) is 16.6 Å². The Balaban J connectivity index is 2.30. The molecular formula is C14H23N3O2S.